The molecule has 0 aliphatic heterocycles. The number of aliphatic hydroxyl groups excluding tert-OH is 2. The molecule has 70 valence electrons. The lowest BCUT2D eigenvalue weighted by molar-refractivity contribution is -0.142. The predicted molar refractivity (Wildman–Crippen MR) is 42.5 cm³/mol. The third-order valence-electron chi connectivity index (χ3n) is 0.660. The molecule has 0 aliphatic carbocycles. The van der Waals surface area contributed by atoms with Crippen LogP contribution in [-0.2, 0) is 9.59 Å². The molecule has 0 unspecified atom stereocenters. The van der Waals surface area contributed by atoms with Gasteiger partial charge in [0.1, 0.15) is 0 Å². The van der Waals surface area contributed by atoms with E-state index in [1.807, 2.05) is 0 Å². The Labute approximate surface area is 75.0 Å². The Kier molecular flexibility index (Phi) is 5.06. The average Bonchev–Trinajstić information content (AvgIpc) is 1.98. The minimum absolute atomic E-state index is 0.363. The summed E-state index contributed by atoms with van der Waals surface area (Å²) < 4.78 is 0. The van der Waals surface area contributed by atoms with E-state index in [1.165, 1.54) is 0 Å². The van der Waals surface area contributed by atoms with Crippen molar-refractivity contribution in [2.75, 3.05) is 0 Å². The second kappa shape index (κ2) is 5.25. The van der Waals surface area contributed by atoms with E-state index in [0.29, 0.717) is 21.6 Å². The van der Waals surface area contributed by atoms with Crippen molar-refractivity contribution in [2.24, 2.45) is 0 Å². The smallest absolute Gasteiger partial charge is 0.344 e. The molecule has 0 rings (SSSR count). The number of carbonyl (C=O) groups is 2. The zero-order valence-electron chi connectivity index (χ0n) is 5.58. The van der Waals surface area contributed by atoms with Crippen LogP contribution >= 0.6 is 21.6 Å². The fraction of sp³-hybridized carbons (Fsp3) is 0.500. The first-order valence-corrected chi connectivity index (χ1v) is 4.86. The van der Waals surface area contributed by atoms with Crippen LogP contribution in [0.4, 0.5) is 0 Å². The van der Waals surface area contributed by atoms with E-state index < -0.39 is 22.8 Å². The van der Waals surface area contributed by atoms with E-state index in [9.17, 15) is 9.59 Å². The van der Waals surface area contributed by atoms with Gasteiger partial charge in [0, 0.05) is 0 Å². The Morgan fingerprint density at radius 2 is 1.17 bits per heavy atom. The fourth-order valence-corrected chi connectivity index (χ4v) is 1.69. The van der Waals surface area contributed by atoms with Gasteiger partial charge in [0.25, 0.3) is 0 Å². The van der Waals surface area contributed by atoms with Crippen LogP contribution < -0.4 is 0 Å². The van der Waals surface area contributed by atoms with Crippen molar-refractivity contribution in [3.63, 3.8) is 0 Å². The zero-order valence-corrected chi connectivity index (χ0v) is 7.21. The molecule has 12 heavy (non-hydrogen) atoms. The largest absolute Gasteiger partial charge is 0.479 e. The number of carboxylic acids is 2. The normalized spacial score (nSPS) is 15.2. The Bertz CT molecular complexity index is 162. The zero-order chi connectivity index (χ0) is 9.72. The van der Waals surface area contributed by atoms with Gasteiger partial charge in [0.05, 0.1) is 0 Å². The molecule has 0 heterocycles. The fourth-order valence-electron chi connectivity index (χ4n) is 0.188. The lowest BCUT2D eigenvalue weighted by Gasteiger charge is -2.05. The second-order valence-corrected chi connectivity index (χ2v) is 4.01. The quantitative estimate of drug-likeness (QED) is 0.346. The average molecular weight is 214 g/mol. The van der Waals surface area contributed by atoms with E-state index in [2.05, 4.69) is 0 Å². The highest BCUT2D eigenvalue weighted by molar-refractivity contribution is 8.77. The molecular formula is C4H6O6S2. The minimum Gasteiger partial charge on any atom is -0.479 e. The first-order valence-electron chi connectivity index (χ1n) is 2.59. The van der Waals surface area contributed by atoms with Crippen molar-refractivity contribution in [1.29, 1.82) is 0 Å². The summed E-state index contributed by atoms with van der Waals surface area (Å²) in [6.45, 7) is 0. The van der Waals surface area contributed by atoms with Crippen molar-refractivity contribution in [3.05, 3.63) is 0 Å². The van der Waals surface area contributed by atoms with Gasteiger partial charge in [0.15, 0.2) is 0 Å². The maximum absolute atomic E-state index is 9.97. The van der Waals surface area contributed by atoms with E-state index in [4.69, 9.17) is 20.4 Å². The molecule has 0 saturated heterocycles. The van der Waals surface area contributed by atoms with Crippen molar-refractivity contribution in [3.8, 4) is 0 Å². The summed E-state index contributed by atoms with van der Waals surface area (Å²) in [5, 5.41) is 33.4. The topological polar surface area (TPSA) is 115 Å². The maximum Gasteiger partial charge on any atom is 0.344 e. The monoisotopic (exact) mass is 214 g/mol. The Morgan fingerprint density at radius 1 is 0.917 bits per heavy atom. The number of aliphatic carboxylic acids is 2. The van der Waals surface area contributed by atoms with Crippen molar-refractivity contribution < 1.29 is 30.0 Å². The number of carboxylic acid groups (broad SMARTS) is 2. The molecule has 0 spiro atoms. The highest BCUT2D eigenvalue weighted by atomic mass is 33.1. The minimum atomic E-state index is -1.73. The van der Waals surface area contributed by atoms with Crippen LogP contribution in [0.5, 0.6) is 0 Å². The summed E-state index contributed by atoms with van der Waals surface area (Å²) in [4.78, 5) is 19.9. The van der Waals surface area contributed by atoms with Crippen LogP contribution in [0.1, 0.15) is 0 Å². The number of rotatable bonds is 5. The van der Waals surface area contributed by atoms with Crippen molar-refractivity contribution in [2.45, 2.75) is 10.9 Å². The molecule has 0 bridgehead atoms. The summed E-state index contributed by atoms with van der Waals surface area (Å²) in [7, 11) is 0.726. The van der Waals surface area contributed by atoms with Gasteiger partial charge >= 0.3 is 11.9 Å². The summed E-state index contributed by atoms with van der Waals surface area (Å²) in [6, 6.07) is 0. The van der Waals surface area contributed by atoms with Gasteiger partial charge in [-0.3, -0.25) is 0 Å². The second-order valence-electron chi connectivity index (χ2n) is 1.57. The number of hydrogen-bond donors (Lipinski definition) is 4. The third-order valence-corrected chi connectivity index (χ3v) is 2.97. The van der Waals surface area contributed by atoms with E-state index in [0.717, 1.165) is 0 Å². The van der Waals surface area contributed by atoms with Gasteiger partial charge in [-0.15, -0.1) is 0 Å². The highest BCUT2D eigenvalue weighted by Gasteiger charge is 2.20. The SMILES string of the molecule is O=C(O)[C@@H](O)SS[C@H](O)C(=O)O. The Morgan fingerprint density at radius 3 is 1.33 bits per heavy atom. The van der Waals surface area contributed by atoms with Gasteiger partial charge in [-0.1, -0.05) is 0 Å². The molecule has 8 heteroatoms. The first kappa shape index (κ1) is 11.6. The molecule has 0 amide bonds. The lowest BCUT2D eigenvalue weighted by atomic mass is 10.7. The molecule has 0 aliphatic rings. The maximum atomic E-state index is 9.97. The Hall–Kier alpha value is -0.440. The molecule has 4 N–H and O–H groups in total. The molecule has 2 atom stereocenters. The summed E-state index contributed by atoms with van der Waals surface area (Å²) in [5.41, 5.74) is -3.46. The molecule has 0 fully saturated rings. The summed E-state index contributed by atoms with van der Waals surface area (Å²) in [6.07, 6.45) is 0. The Balaban J connectivity index is 3.68. The standard InChI is InChI=1S/C4H6O6S2/c5-1(6)3(9)11-12-4(10)2(7)8/h3-4,9-10H,(H,5,6)(H,7,8)/t3-,4-/m0/s1. The van der Waals surface area contributed by atoms with Crippen LogP contribution in [0, 0.1) is 0 Å². The number of aliphatic hydroxyl groups is 2. The molecule has 0 aromatic heterocycles. The summed E-state index contributed by atoms with van der Waals surface area (Å²) >= 11 is 0. The lowest BCUT2D eigenvalue weighted by Crippen LogP contribution is -2.17. The van der Waals surface area contributed by atoms with Gasteiger partial charge in [-0.2, -0.15) is 0 Å². The first-order chi connectivity index (χ1) is 5.45. The van der Waals surface area contributed by atoms with Crippen LogP contribution in [0.25, 0.3) is 0 Å². The van der Waals surface area contributed by atoms with Crippen LogP contribution in [0.2, 0.25) is 0 Å². The molecule has 0 aromatic carbocycles. The van der Waals surface area contributed by atoms with E-state index in [1.54, 1.807) is 0 Å². The van der Waals surface area contributed by atoms with Crippen molar-refractivity contribution >= 4 is 33.5 Å². The molecular weight excluding hydrogens is 208 g/mol. The van der Waals surface area contributed by atoms with Crippen molar-refractivity contribution in [1.82, 2.24) is 0 Å². The van der Waals surface area contributed by atoms with Crippen LogP contribution in [0.15, 0.2) is 0 Å². The van der Waals surface area contributed by atoms with Gasteiger partial charge in [0.2, 0.25) is 10.9 Å². The third kappa shape index (κ3) is 4.44. The van der Waals surface area contributed by atoms with Crippen LogP contribution in [-0.4, -0.2) is 43.2 Å². The molecule has 6 nitrogen and oxygen atoms in total. The predicted octanol–water partition coefficient (Wildman–Crippen LogP) is -0.826. The van der Waals surface area contributed by atoms with Gasteiger partial charge < -0.3 is 20.4 Å². The molecule has 0 aromatic rings. The van der Waals surface area contributed by atoms with Gasteiger partial charge in [-0.25, -0.2) is 9.59 Å². The molecule has 0 radical (unpaired) electrons. The summed E-state index contributed by atoms with van der Waals surface area (Å²) in [5.74, 6) is -2.96. The number of hydrogen-bond acceptors (Lipinski definition) is 6. The highest BCUT2D eigenvalue weighted by Crippen LogP contribution is 2.28. The van der Waals surface area contributed by atoms with E-state index >= 15 is 0 Å². The molecule has 0 saturated carbocycles. The van der Waals surface area contributed by atoms with Crippen LogP contribution in [0.3, 0.4) is 0 Å². The van der Waals surface area contributed by atoms with E-state index in [-0.39, 0.29) is 0 Å². The van der Waals surface area contributed by atoms with Gasteiger partial charge in [-0.05, 0) is 21.6 Å².